The zero-order chi connectivity index (χ0) is 12.4. The number of nitrogens with zero attached hydrogens (tertiary/aromatic N) is 3. The first-order chi connectivity index (χ1) is 8.84. The summed E-state index contributed by atoms with van der Waals surface area (Å²) in [4.78, 5) is 27.0. The van der Waals surface area contributed by atoms with E-state index in [0.29, 0.717) is 16.8 Å². The fourth-order valence-corrected chi connectivity index (χ4v) is 1.66. The topological polar surface area (TPSA) is 83.6 Å². The molecule has 0 bridgehead atoms. The van der Waals surface area contributed by atoms with Crippen LogP contribution in [-0.2, 0) is 0 Å². The predicted molar refractivity (Wildman–Crippen MR) is 66.1 cm³/mol. The van der Waals surface area contributed by atoms with Crippen molar-refractivity contribution in [3.05, 3.63) is 48.8 Å². The van der Waals surface area contributed by atoms with Gasteiger partial charge < -0.3 is 10.3 Å². The van der Waals surface area contributed by atoms with Gasteiger partial charge in [-0.3, -0.25) is 14.8 Å². The molecule has 88 valence electrons. The number of nitrogens with one attached hydrogen (secondary N) is 2. The molecule has 0 aliphatic carbocycles. The van der Waals surface area contributed by atoms with Crippen LogP contribution in [0.15, 0.2) is 43.2 Å². The van der Waals surface area contributed by atoms with E-state index in [1.54, 1.807) is 30.7 Å². The number of hydrogen-bond donors (Lipinski definition) is 2. The number of imidazole rings is 1. The van der Waals surface area contributed by atoms with Crippen LogP contribution in [0.1, 0.15) is 10.4 Å². The summed E-state index contributed by atoms with van der Waals surface area (Å²) in [6, 6.07) is 3.44. The monoisotopic (exact) mass is 239 g/mol. The Bertz CT molecular complexity index is 692. The van der Waals surface area contributed by atoms with Crippen molar-refractivity contribution in [3.8, 4) is 0 Å². The second-order valence-corrected chi connectivity index (χ2v) is 3.68. The number of H-pyrrole nitrogens is 1. The van der Waals surface area contributed by atoms with Gasteiger partial charge in [0.05, 0.1) is 23.6 Å². The van der Waals surface area contributed by atoms with Crippen molar-refractivity contribution in [2.75, 3.05) is 5.32 Å². The number of amides is 1. The summed E-state index contributed by atoms with van der Waals surface area (Å²) in [5.74, 6) is -0.244. The van der Waals surface area contributed by atoms with Gasteiger partial charge in [-0.05, 0) is 12.1 Å². The van der Waals surface area contributed by atoms with Crippen LogP contribution in [0.5, 0.6) is 0 Å². The summed E-state index contributed by atoms with van der Waals surface area (Å²) in [6.45, 7) is 0. The molecule has 0 aromatic carbocycles. The van der Waals surface area contributed by atoms with Crippen LogP contribution >= 0.6 is 0 Å². The van der Waals surface area contributed by atoms with Crippen molar-refractivity contribution in [2.45, 2.75) is 0 Å². The normalized spacial score (nSPS) is 10.4. The minimum absolute atomic E-state index is 0.244. The smallest absolute Gasteiger partial charge is 0.259 e. The molecule has 0 spiro atoms. The number of pyridine rings is 2. The van der Waals surface area contributed by atoms with Crippen molar-refractivity contribution in [1.29, 1.82) is 0 Å². The molecule has 0 radical (unpaired) electrons. The van der Waals surface area contributed by atoms with Gasteiger partial charge in [-0.25, -0.2) is 4.98 Å². The van der Waals surface area contributed by atoms with E-state index in [0.717, 1.165) is 5.52 Å². The molecule has 3 aromatic heterocycles. The Hall–Kier alpha value is -2.76. The Kier molecular flexibility index (Phi) is 2.45. The molecule has 3 rings (SSSR count). The van der Waals surface area contributed by atoms with Crippen LogP contribution < -0.4 is 5.32 Å². The molecule has 6 nitrogen and oxygen atoms in total. The van der Waals surface area contributed by atoms with Crippen molar-refractivity contribution in [2.24, 2.45) is 0 Å². The molecule has 3 heterocycles. The minimum Gasteiger partial charge on any atom is -0.343 e. The van der Waals surface area contributed by atoms with Crippen LogP contribution in [-0.4, -0.2) is 25.8 Å². The molecular weight excluding hydrogens is 230 g/mol. The van der Waals surface area contributed by atoms with Gasteiger partial charge in [0.1, 0.15) is 5.52 Å². The number of aromatic amines is 1. The van der Waals surface area contributed by atoms with Crippen molar-refractivity contribution < 1.29 is 4.79 Å². The average molecular weight is 239 g/mol. The fraction of sp³-hybridized carbons (Fsp3) is 0. The van der Waals surface area contributed by atoms with E-state index in [9.17, 15) is 4.79 Å². The number of fused-ring (bicyclic) bond motifs is 1. The molecule has 0 unspecified atom stereocenters. The lowest BCUT2D eigenvalue weighted by Crippen LogP contribution is -2.12. The van der Waals surface area contributed by atoms with E-state index >= 15 is 0 Å². The molecule has 0 atom stereocenters. The van der Waals surface area contributed by atoms with E-state index in [1.165, 1.54) is 12.5 Å². The van der Waals surface area contributed by atoms with E-state index < -0.39 is 0 Å². The highest BCUT2D eigenvalue weighted by molar-refractivity contribution is 6.11. The maximum absolute atomic E-state index is 12.1. The summed E-state index contributed by atoms with van der Waals surface area (Å²) in [7, 11) is 0. The first-order valence-electron chi connectivity index (χ1n) is 5.33. The van der Waals surface area contributed by atoms with Crippen molar-refractivity contribution in [3.63, 3.8) is 0 Å². The second kappa shape index (κ2) is 4.25. The minimum atomic E-state index is -0.244. The van der Waals surface area contributed by atoms with Gasteiger partial charge in [0.2, 0.25) is 0 Å². The van der Waals surface area contributed by atoms with Crippen molar-refractivity contribution >= 4 is 22.6 Å². The largest absolute Gasteiger partial charge is 0.343 e. The highest BCUT2D eigenvalue weighted by atomic mass is 16.1. The Morgan fingerprint density at radius 2 is 2.00 bits per heavy atom. The molecule has 0 saturated heterocycles. The van der Waals surface area contributed by atoms with Gasteiger partial charge in [-0.15, -0.1) is 0 Å². The predicted octanol–water partition coefficient (Wildman–Crippen LogP) is 1.61. The van der Waals surface area contributed by atoms with Gasteiger partial charge >= 0.3 is 0 Å². The van der Waals surface area contributed by atoms with Crippen LogP contribution in [0.2, 0.25) is 0 Å². The van der Waals surface area contributed by atoms with E-state index in [4.69, 9.17) is 0 Å². The number of hydrogen-bond acceptors (Lipinski definition) is 4. The maximum Gasteiger partial charge on any atom is 0.259 e. The Morgan fingerprint density at radius 3 is 2.83 bits per heavy atom. The number of rotatable bonds is 2. The third-order valence-electron chi connectivity index (χ3n) is 2.51. The molecular formula is C12H9N5O. The molecule has 3 aromatic rings. The molecule has 1 amide bonds. The summed E-state index contributed by atoms with van der Waals surface area (Å²) < 4.78 is 0. The lowest BCUT2D eigenvalue weighted by molar-refractivity contribution is 0.102. The van der Waals surface area contributed by atoms with Crippen molar-refractivity contribution in [1.82, 2.24) is 19.9 Å². The molecule has 6 heteroatoms. The first kappa shape index (κ1) is 10.4. The van der Waals surface area contributed by atoms with Crippen LogP contribution in [0.3, 0.4) is 0 Å². The fourth-order valence-electron chi connectivity index (χ4n) is 1.66. The highest BCUT2D eigenvalue weighted by Crippen LogP contribution is 2.14. The zero-order valence-corrected chi connectivity index (χ0v) is 9.29. The van der Waals surface area contributed by atoms with Gasteiger partial charge in [0.25, 0.3) is 5.91 Å². The van der Waals surface area contributed by atoms with Crippen LogP contribution in [0.25, 0.3) is 11.0 Å². The van der Waals surface area contributed by atoms with Gasteiger partial charge in [0.15, 0.2) is 0 Å². The number of aromatic nitrogens is 4. The maximum atomic E-state index is 12.1. The lowest BCUT2D eigenvalue weighted by atomic mass is 10.2. The molecule has 18 heavy (non-hydrogen) atoms. The first-order valence-corrected chi connectivity index (χ1v) is 5.33. The average Bonchev–Trinajstić information content (AvgIpc) is 2.87. The Labute approximate surface area is 102 Å². The third kappa shape index (κ3) is 1.80. The quantitative estimate of drug-likeness (QED) is 0.711. The second-order valence-electron chi connectivity index (χ2n) is 3.68. The van der Waals surface area contributed by atoms with Gasteiger partial charge in [-0.1, -0.05) is 0 Å². The Balaban J connectivity index is 1.95. The number of carbonyl (C=O) groups excluding carboxylic acids is 1. The lowest BCUT2D eigenvalue weighted by Gasteiger charge is -2.04. The molecule has 0 fully saturated rings. The summed E-state index contributed by atoms with van der Waals surface area (Å²) in [5.41, 5.74) is 2.46. The Morgan fingerprint density at radius 1 is 1.17 bits per heavy atom. The summed E-state index contributed by atoms with van der Waals surface area (Å²) >= 11 is 0. The van der Waals surface area contributed by atoms with Gasteiger partial charge in [0, 0.05) is 24.3 Å². The van der Waals surface area contributed by atoms with Crippen LogP contribution in [0, 0.1) is 0 Å². The highest BCUT2D eigenvalue weighted by Gasteiger charge is 2.12. The van der Waals surface area contributed by atoms with E-state index in [2.05, 4.69) is 25.3 Å². The zero-order valence-electron chi connectivity index (χ0n) is 9.29. The number of carbonyl (C=O) groups is 1. The molecule has 0 aliphatic heterocycles. The third-order valence-corrected chi connectivity index (χ3v) is 2.51. The summed E-state index contributed by atoms with van der Waals surface area (Å²) in [5, 5.41) is 2.77. The number of anilines is 1. The van der Waals surface area contributed by atoms with Crippen LogP contribution in [0.4, 0.5) is 5.69 Å². The summed E-state index contributed by atoms with van der Waals surface area (Å²) in [6.07, 6.45) is 7.90. The van der Waals surface area contributed by atoms with E-state index in [-0.39, 0.29) is 5.91 Å². The standard InChI is InChI=1S/C12H9N5O/c18-12(17-8-1-3-13-4-2-8)9-5-14-6-10-11(9)16-7-15-10/h1-7H,(H,15,16)(H,13,17,18). The SMILES string of the molecule is O=C(Nc1ccncc1)c1cncc2[nH]cnc12. The van der Waals surface area contributed by atoms with E-state index in [1.807, 2.05) is 0 Å². The molecule has 0 aliphatic rings. The van der Waals surface area contributed by atoms with Gasteiger partial charge in [-0.2, -0.15) is 0 Å². The molecule has 2 N–H and O–H groups in total. The molecule has 0 saturated carbocycles.